The third kappa shape index (κ3) is 3.09. The smallest absolute Gasteiger partial charge is 0.232 e. The molecule has 0 saturated heterocycles. The fourth-order valence-electron chi connectivity index (χ4n) is 2.31. The van der Waals surface area contributed by atoms with Gasteiger partial charge in [-0.05, 0) is 19.1 Å². The number of anilines is 1. The maximum absolute atomic E-state index is 12.1. The molecule has 0 unspecified atom stereocenters. The first kappa shape index (κ1) is 15.2. The van der Waals surface area contributed by atoms with Crippen molar-refractivity contribution in [3.05, 3.63) is 24.3 Å². The first-order valence-electron chi connectivity index (χ1n) is 6.30. The largest absolute Gasteiger partial charge is 0.355 e. The lowest BCUT2D eigenvalue weighted by molar-refractivity contribution is -0.118. The highest BCUT2D eigenvalue weighted by molar-refractivity contribution is 8.00. The molecular weight excluding hydrogens is 296 g/mol. The summed E-state index contributed by atoms with van der Waals surface area (Å²) in [7, 11) is -3.35. The zero-order chi connectivity index (χ0) is 14.9. The van der Waals surface area contributed by atoms with Crippen LogP contribution in [0.25, 0.3) is 0 Å². The minimum atomic E-state index is -3.35. The van der Waals surface area contributed by atoms with Gasteiger partial charge in [0.1, 0.15) is 0 Å². The molecule has 0 fully saturated rings. The van der Waals surface area contributed by atoms with Crippen molar-refractivity contribution in [1.29, 1.82) is 0 Å². The Morgan fingerprint density at radius 3 is 2.65 bits per heavy atom. The molecule has 1 aliphatic heterocycles. The molecule has 1 aliphatic rings. The van der Waals surface area contributed by atoms with Crippen LogP contribution in [-0.2, 0) is 14.8 Å². The Labute approximate surface area is 123 Å². The molecule has 0 aromatic heterocycles. The molecule has 5 nitrogen and oxygen atoms in total. The molecule has 1 heterocycles. The predicted octanol–water partition coefficient (Wildman–Crippen LogP) is 1.45. The lowest BCUT2D eigenvalue weighted by Gasteiger charge is -2.39. The topological polar surface area (TPSA) is 66.5 Å². The van der Waals surface area contributed by atoms with Crippen LogP contribution in [0.5, 0.6) is 0 Å². The highest BCUT2D eigenvalue weighted by atomic mass is 32.2. The molecule has 2 atom stereocenters. The summed E-state index contributed by atoms with van der Waals surface area (Å²) in [5, 5.41) is 2.76. The van der Waals surface area contributed by atoms with E-state index in [0.717, 1.165) is 4.90 Å². The Balaban J connectivity index is 2.38. The molecular formula is C13H18N2O3S2. The number of hydrogen-bond donors (Lipinski definition) is 1. The van der Waals surface area contributed by atoms with Gasteiger partial charge in [0, 0.05) is 23.6 Å². The van der Waals surface area contributed by atoms with Crippen LogP contribution in [0.3, 0.4) is 0 Å². The summed E-state index contributed by atoms with van der Waals surface area (Å²) in [5.74, 6) is -0.109. The Bertz CT molecular complexity index is 616. The van der Waals surface area contributed by atoms with Crippen LogP contribution in [-0.4, -0.2) is 38.4 Å². The van der Waals surface area contributed by atoms with Gasteiger partial charge in [0.25, 0.3) is 0 Å². The van der Waals surface area contributed by atoms with Crippen LogP contribution in [0, 0.1) is 0 Å². The summed E-state index contributed by atoms with van der Waals surface area (Å²) in [6, 6.07) is 7.23. The minimum Gasteiger partial charge on any atom is -0.355 e. The molecule has 0 aliphatic carbocycles. The standard InChI is InChI=1S/C13H18N2O3S2/c1-9-13(8-14-10(2)16)19-12-7-5-4-6-11(12)15(9)20(3,17)18/h4-7,9,13H,8H2,1-3H3,(H,14,16)/t9-,13+/m1/s1. The van der Waals surface area contributed by atoms with E-state index in [-0.39, 0.29) is 17.2 Å². The first-order chi connectivity index (χ1) is 9.30. The molecule has 110 valence electrons. The minimum absolute atomic E-state index is 0.0106. The van der Waals surface area contributed by atoms with E-state index in [4.69, 9.17) is 0 Å². The summed E-state index contributed by atoms with van der Waals surface area (Å²) in [6.45, 7) is 3.78. The summed E-state index contributed by atoms with van der Waals surface area (Å²) in [5.41, 5.74) is 0.714. The van der Waals surface area contributed by atoms with Crippen molar-refractivity contribution in [3.8, 4) is 0 Å². The van der Waals surface area contributed by atoms with Crippen molar-refractivity contribution in [1.82, 2.24) is 5.32 Å². The van der Waals surface area contributed by atoms with Gasteiger partial charge in [-0.2, -0.15) is 0 Å². The molecule has 0 bridgehead atoms. The second-order valence-corrected chi connectivity index (χ2v) is 8.00. The number of thioether (sulfide) groups is 1. The third-order valence-corrected chi connectivity index (χ3v) is 5.90. The highest BCUT2D eigenvalue weighted by Crippen LogP contribution is 2.42. The molecule has 0 saturated carbocycles. The van der Waals surface area contributed by atoms with Gasteiger partial charge in [0.15, 0.2) is 0 Å². The lowest BCUT2D eigenvalue weighted by Crippen LogP contribution is -2.49. The SMILES string of the molecule is CC(=O)NC[C@@H]1Sc2ccccc2N(S(C)(=O)=O)[C@@H]1C. The number of carbonyl (C=O) groups is 1. The Morgan fingerprint density at radius 1 is 1.40 bits per heavy atom. The van der Waals surface area contributed by atoms with E-state index in [1.54, 1.807) is 11.8 Å². The number of carbonyl (C=O) groups excluding carboxylic acids is 1. The fourth-order valence-corrected chi connectivity index (χ4v) is 4.97. The number of sulfonamides is 1. The van der Waals surface area contributed by atoms with E-state index < -0.39 is 10.0 Å². The zero-order valence-corrected chi connectivity index (χ0v) is 13.3. The lowest BCUT2D eigenvalue weighted by atomic mass is 10.2. The van der Waals surface area contributed by atoms with E-state index in [1.165, 1.54) is 17.5 Å². The number of amides is 1. The predicted molar refractivity (Wildman–Crippen MR) is 81.6 cm³/mol. The van der Waals surface area contributed by atoms with Crippen molar-refractivity contribution in [2.45, 2.75) is 30.0 Å². The van der Waals surface area contributed by atoms with Gasteiger partial charge < -0.3 is 5.32 Å². The van der Waals surface area contributed by atoms with Gasteiger partial charge in [0.2, 0.25) is 15.9 Å². The Kier molecular flexibility index (Phi) is 4.29. The monoisotopic (exact) mass is 314 g/mol. The second kappa shape index (κ2) is 5.65. The van der Waals surface area contributed by atoms with Crippen molar-refractivity contribution in [2.24, 2.45) is 0 Å². The number of rotatable bonds is 3. The molecule has 1 aromatic carbocycles. The van der Waals surface area contributed by atoms with Crippen LogP contribution in [0.2, 0.25) is 0 Å². The van der Waals surface area contributed by atoms with Crippen molar-refractivity contribution >= 4 is 33.4 Å². The molecule has 20 heavy (non-hydrogen) atoms. The second-order valence-electron chi connectivity index (χ2n) is 4.86. The van der Waals surface area contributed by atoms with Crippen LogP contribution < -0.4 is 9.62 Å². The third-order valence-electron chi connectivity index (χ3n) is 3.20. The van der Waals surface area contributed by atoms with E-state index in [9.17, 15) is 13.2 Å². The Morgan fingerprint density at radius 2 is 2.05 bits per heavy atom. The van der Waals surface area contributed by atoms with E-state index in [2.05, 4.69) is 5.32 Å². The van der Waals surface area contributed by atoms with Crippen molar-refractivity contribution < 1.29 is 13.2 Å². The van der Waals surface area contributed by atoms with Gasteiger partial charge >= 0.3 is 0 Å². The number of benzene rings is 1. The van der Waals surface area contributed by atoms with E-state index in [0.29, 0.717) is 12.2 Å². The average Bonchev–Trinajstić information content (AvgIpc) is 2.34. The normalized spacial score (nSPS) is 22.2. The molecule has 7 heteroatoms. The molecule has 0 spiro atoms. The number of hydrogen-bond acceptors (Lipinski definition) is 4. The van der Waals surface area contributed by atoms with Gasteiger partial charge in [-0.15, -0.1) is 11.8 Å². The summed E-state index contributed by atoms with van der Waals surface area (Å²) in [6.07, 6.45) is 1.21. The van der Waals surface area contributed by atoms with Crippen molar-refractivity contribution in [2.75, 3.05) is 17.1 Å². The van der Waals surface area contributed by atoms with Gasteiger partial charge in [-0.3, -0.25) is 9.10 Å². The average molecular weight is 314 g/mol. The fraction of sp³-hybridized carbons (Fsp3) is 0.462. The van der Waals surface area contributed by atoms with Crippen LogP contribution in [0.4, 0.5) is 5.69 Å². The van der Waals surface area contributed by atoms with Gasteiger partial charge in [-0.25, -0.2) is 8.42 Å². The van der Waals surface area contributed by atoms with E-state index in [1.807, 2.05) is 31.2 Å². The number of nitrogens with zero attached hydrogens (tertiary/aromatic N) is 1. The zero-order valence-electron chi connectivity index (χ0n) is 11.7. The van der Waals surface area contributed by atoms with Gasteiger partial charge in [-0.1, -0.05) is 12.1 Å². The molecule has 1 amide bonds. The molecule has 1 N–H and O–H groups in total. The Hall–Kier alpha value is -1.21. The molecule has 1 aromatic rings. The first-order valence-corrected chi connectivity index (χ1v) is 9.03. The number of nitrogens with one attached hydrogen (secondary N) is 1. The number of para-hydroxylation sites is 1. The van der Waals surface area contributed by atoms with Crippen molar-refractivity contribution in [3.63, 3.8) is 0 Å². The molecule has 2 rings (SSSR count). The van der Waals surface area contributed by atoms with E-state index >= 15 is 0 Å². The van der Waals surface area contributed by atoms with Crippen LogP contribution in [0.15, 0.2) is 29.2 Å². The summed E-state index contributed by atoms with van der Waals surface area (Å²) >= 11 is 1.61. The van der Waals surface area contributed by atoms with Gasteiger partial charge in [0.05, 0.1) is 18.0 Å². The summed E-state index contributed by atoms with van der Waals surface area (Å²) < 4.78 is 25.6. The summed E-state index contributed by atoms with van der Waals surface area (Å²) in [4.78, 5) is 12.0. The maximum atomic E-state index is 12.1. The van der Waals surface area contributed by atoms with Crippen LogP contribution in [0.1, 0.15) is 13.8 Å². The van der Waals surface area contributed by atoms with Crippen LogP contribution >= 0.6 is 11.8 Å². The highest BCUT2D eigenvalue weighted by Gasteiger charge is 2.36. The molecule has 0 radical (unpaired) electrons. The maximum Gasteiger partial charge on any atom is 0.232 e. The quantitative estimate of drug-likeness (QED) is 0.917. The number of fused-ring (bicyclic) bond motifs is 1.